The van der Waals surface area contributed by atoms with Crippen molar-refractivity contribution >= 4 is 0 Å². The van der Waals surface area contributed by atoms with E-state index >= 15 is 0 Å². The third-order valence-corrected chi connectivity index (χ3v) is 4.24. The summed E-state index contributed by atoms with van der Waals surface area (Å²) in [5, 5.41) is 3.50. The molecule has 1 atom stereocenters. The highest BCUT2D eigenvalue weighted by molar-refractivity contribution is 5.10. The lowest BCUT2D eigenvalue weighted by molar-refractivity contribution is 0.0800. The highest BCUT2D eigenvalue weighted by Gasteiger charge is 2.19. The van der Waals surface area contributed by atoms with Crippen LogP contribution in [0.5, 0.6) is 0 Å². The first-order valence-corrected chi connectivity index (χ1v) is 10.1. The van der Waals surface area contributed by atoms with Gasteiger partial charge in [-0.2, -0.15) is 0 Å². The van der Waals surface area contributed by atoms with E-state index < -0.39 is 0 Å². The van der Waals surface area contributed by atoms with Gasteiger partial charge in [0.2, 0.25) is 0 Å². The molecule has 0 saturated heterocycles. The molecule has 1 heterocycles. The second kappa shape index (κ2) is 16.2. The van der Waals surface area contributed by atoms with Crippen LogP contribution in [0.2, 0.25) is 0 Å². The number of nitrogens with one attached hydrogen (secondary N) is 1. The molecule has 3 N–H and O–H groups in total. The maximum absolute atomic E-state index is 6.06. The summed E-state index contributed by atoms with van der Waals surface area (Å²) in [7, 11) is 0. The lowest BCUT2D eigenvalue weighted by Crippen LogP contribution is -2.35. The van der Waals surface area contributed by atoms with Gasteiger partial charge in [-0.05, 0) is 32.2 Å². The zero-order valence-corrected chi connectivity index (χ0v) is 16.3. The zero-order valence-electron chi connectivity index (χ0n) is 16.3. The van der Waals surface area contributed by atoms with E-state index in [0.717, 1.165) is 44.5 Å². The van der Waals surface area contributed by atoms with Crippen LogP contribution >= 0.6 is 0 Å². The van der Waals surface area contributed by atoms with Crippen LogP contribution in [-0.4, -0.2) is 19.2 Å². The van der Waals surface area contributed by atoms with Gasteiger partial charge in [-0.3, -0.25) is 0 Å². The van der Waals surface area contributed by atoms with E-state index in [2.05, 4.69) is 33.0 Å². The Kier molecular flexibility index (Phi) is 15.7. The van der Waals surface area contributed by atoms with E-state index in [0.29, 0.717) is 6.10 Å². The molecule has 0 saturated carbocycles. The molecule has 1 aliphatic heterocycles. The molecule has 1 aliphatic rings. The van der Waals surface area contributed by atoms with E-state index in [4.69, 9.17) is 10.5 Å². The van der Waals surface area contributed by atoms with Crippen molar-refractivity contribution in [1.29, 1.82) is 0 Å². The maximum atomic E-state index is 6.06. The van der Waals surface area contributed by atoms with Gasteiger partial charge in [0.15, 0.2) is 0 Å². The Morgan fingerprint density at radius 1 is 0.957 bits per heavy atom. The van der Waals surface area contributed by atoms with Gasteiger partial charge in [0.25, 0.3) is 0 Å². The van der Waals surface area contributed by atoms with Crippen molar-refractivity contribution in [2.75, 3.05) is 13.1 Å². The summed E-state index contributed by atoms with van der Waals surface area (Å²) >= 11 is 0. The average molecular weight is 327 g/mol. The van der Waals surface area contributed by atoms with Crippen molar-refractivity contribution < 1.29 is 4.74 Å². The minimum Gasteiger partial charge on any atom is -0.491 e. The number of hydrogen-bond donors (Lipinski definition) is 2. The largest absolute Gasteiger partial charge is 0.491 e. The van der Waals surface area contributed by atoms with Gasteiger partial charge in [-0.1, -0.05) is 66.2 Å². The number of hydrogen-bond acceptors (Lipinski definition) is 3. The minimum atomic E-state index is 0.364. The Hall–Kier alpha value is -0.700. The number of nitrogens with two attached hydrogens (primary N) is 1. The first-order chi connectivity index (χ1) is 11.2. The standard InChI is InChI=1S/C13H26N2O.C7H16/c1-3-5-7-11-10-15-12(4-2)13(16-11)8-6-9-14;1-3-5-7-6-4-2/h11,15H,3-10,14H2,1-2H3;3-7H2,1-2H3. The predicted molar refractivity (Wildman–Crippen MR) is 102 cm³/mol. The molecule has 3 heteroatoms. The molecule has 0 aliphatic carbocycles. The second-order valence-corrected chi connectivity index (χ2v) is 6.47. The van der Waals surface area contributed by atoms with E-state index in [1.54, 1.807) is 0 Å². The molecule has 0 radical (unpaired) electrons. The lowest BCUT2D eigenvalue weighted by atomic mass is 10.1. The Morgan fingerprint density at radius 3 is 2.13 bits per heavy atom. The SMILES string of the molecule is CCCCC1CNC(CC)=C(CCCN)O1.CCCCCCC. The summed E-state index contributed by atoms with van der Waals surface area (Å²) in [4.78, 5) is 0. The van der Waals surface area contributed by atoms with Gasteiger partial charge in [-0.25, -0.2) is 0 Å². The maximum Gasteiger partial charge on any atom is 0.115 e. The molecular formula is C20H42N2O. The molecule has 1 rings (SSSR count). The molecule has 3 nitrogen and oxygen atoms in total. The fourth-order valence-corrected chi connectivity index (χ4v) is 2.71. The molecule has 0 spiro atoms. The smallest absolute Gasteiger partial charge is 0.115 e. The number of allylic oxidation sites excluding steroid dienone is 2. The summed E-state index contributed by atoms with van der Waals surface area (Å²) < 4.78 is 6.06. The molecule has 0 aromatic carbocycles. The van der Waals surface area contributed by atoms with Crippen LogP contribution in [0.3, 0.4) is 0 Å². The van der Waals surface area contributed by atoms with E-state index in [9.17, 15) is 0 Å². The van der Waals surface area contributed by atoms with E-state index in [1.807, 2.05) is 0 Å². The van der Waals surface area contributed by atoms with Gasteiger partial charge in [0.05, 0.1) is 6.54 Å². The zero-order chi connectivity index (χ0) is 17.3. The third kappa shape index (κ3) is 11.5. The van der Waals surface area contributed by atoms with E-state index in [1.165, 1.54) is 50.6 Å². The van der Waals surface area contributed by atoms with Crippen molar-refractivity contribution in [3.63, 3.8) is 0 Å². The monoisotopic (exact) mass is 326 g/mol. The summed E-state index contributed by atoms with van der Waals surface area (Å²) in [6.45, 7) is 10.6. The first kappa shape index (κ1) is 22.3. The van der Waals surface area contributed by atoms with Gasteiger partial charge in [0, 0.05) is 12.1 Å². The number of ether oxygens (including phenoxy) is 1. The van der Waals surface area contributed by atoms with Crippen molar-refractivity contribution in [3.8, 4) is 0 Å². The number of rotatable bonds is 11. The molecule has 0 bridgehead atoms. The molecule has 0 fully saturated rings. The molecule has 23 heavy (non-hydrogen) atoms. The predicted octanol–water partition coefficient (Wildman–Crippen LogP) is 5.50. The van der Waals surface area contributed by atoms with Crippen molar-refractivity contribution in [2.24, 2.45) is 5.73 Å². The van der Waals surface area contributed by atoms with Crippen molar-refractivity contribution in [1.82, 2.24) is 5.32 Å². The van der Waals surface area contributed by atoms with Crippen LogP contribution in [0.4, 0.5) is 0 Å². The van der Waals surface area contributed by atoms with Crippen LogP contribution in [0, 0.1) is 0 Å². The first-order valence-electron chi connectivity index (χ1n) is 10.1. The average Bonchev–Trinajstić information content (AvgIpc) is 2.59. The van der Waals surface area contributed by atoms with Gasteiger partial charge >= 0.3 is 0 Å². The molecule has 138 valence electrons. The van der Waals surface area contributed by atoms with Crippen LogP contribution in [0.25, 0.3) is 0 Å². The Balaban J connectivity index is 0.000000585. The number of unbranched alkanes of at least 4 members (excludes halogenated alkanes) is 5. The van der Waals surface area contributed by atoms with E-state index in [-0.39, 0.29) is 0 Å². The molecule has 0 aromatic heterocycles. The highest BCUT2D eigenvalue weighted by Crippen LogP contribution is 2.22. The Labute approximate surface area is 145 Å². The fraction of sp³-hybridized carbons (Fsp3) is 0.900. The lowest BCUT2D eigenvalue weighted by Gasteiger charge is -2.30. The second-order valence-electron chi connectivity index (χ2n) is 6.47. The van der Waals surface area contributed by atoms with Crippen LogP contribution in [-0.2, 0) is 4.74 Å². The Morgan fingerprint density at radius 2 is 1.61 bits per heavy atom. The third-order valence-electron chi connectivity index (χ3n) is 4.24. The molecule has 1 unspecified atom stereocenters. The quantitative estimate of drug-likeness (QED) is 0.493. The van der Waals surface area contributed by atoms with Crippen molar-refractivity contribution in [2.45, 2.75) is 104 Å². The van der Waals surface area contributed by atoms with Gasteiger partial charge in [-0.15, -0.1) is 0 Å². The van der Waals surface area contributed by atoms with Crippen LogP contribution < -0.4 is 11.1 Å². The summed E-state index contributed by atoms with van der Waals surface area (Å²) in [6, 6.07) is 0. The van der Waals surface area contributed by atoms with Gasteiger partial charge < -0.3 is 15.8 Å². The summed E-state index contributed by atoms with van der Waals surface area (Å²) in [6.07, 6.45) is 14.0. The molecule has 0 aromatic rings. The topological polar surface area (TPSA) is 47.3 Å². The van der Waals surface area contributed by atoms with Crippen LogP contribution in [0.1, 0.15) is 98.3 Å². The molecular weight excluding hydrogens is 284 g/mol. The Bertz CT molecular complexity index is 285. The highest BCUT2D eigenvalue weighted by atomic mass is 16.5. The molecule has 0 amide bonds. The summed E-state index contributed by atoms with van der Waals surface area (Å²) in [5.74, 6) is 1.15. The van der Waals surface area contributed by atoms with Crippen molar-refractivity contribution in [3.05, 3.63) is 11.5 Å². The van der Waals surface area contributed by atoms with Gasteiger partial charge in [0.1, 0.15) is 11.9 Å². The van der Waals surface area contributed by atoms with Crippen LogP contribution in [0.15, 0.2) is 11.5 Å². The fourth-order valence-electron chi connectivity index (χ4n) is 2.71. The minimum absolute atomic E-state index is 0.364. The normalized spacial score (nSPS) is 17.2. The summed E-state index contributed by atoms with van der Waals surface area (Å²) in [5.41, 5.74) is 6.83.